The Morgan fingerprint density at radius 3 is 2.22 bits per heavy atom. The highest BCUT2D eigenvalue weighted by atomic mass is 32.2. The largest absolute Gasteiger partial charge is 0.394 e. The third kappa shape index (κ3) is 4.57. The van der Waals surface area contributed by atoms with E-state index in [4.69, 9.17) is 5.11 Å². The van der Waals surface area contributed by atoms with Crippen molar-refractivity contribution in [3.63, 3.8) is 0 Å². The Morgan fingerprint density at radius 1 is 1.67 bits per heavy atom. The van der Waals surface area contributed by atoms with Crippen LogP contribution in [-0.4, -0.2) is 27.7 Å². The molecule has 2 N–H and O–H groups in total. The van der Waals surface area contributed by atoms with Crippen LogP contribution >= 0.6 is 0 Å². The molecule has 0 spiro atoms. The molecule has 0 aliphatic heterocycles. The number of hydrogen-bond donors (Lipinski definition) is 2. The molecule has 9 heavy (non-hydrogen) atoms. The highest BCUT2D eigenvalue weighted by molar-refractivity contribution is 7.82. The van der Waals surface area contributed by atoms with Gasteiger partial charge in [0.1, 0.15) is 0 Å². The summed E-state index contributed by atoms with van der Waals surface area (Å²) in [7, 11) is -1.04. The van der Waals surface area contributed by atoms with Gasteiger partial charge in [0.2, 0.25) is 0 Å². The summed E-state index contributed by atoms with van der Waals surface area (Å²) in [5, 5.41) is 8.65. The predicted molar refractivity (Wildman–Crippen MR) is 38.4 cm³/mol. The molecular weight excluding hydrogens is 138 g/mol. The van der Waals surface area contributed by atoms with E-state index in [0.717, 1.165) is 0 Å². The molecule has 56 valence electrons. The second-order valence-corrected chi connectivity index (χ2v) is 3.71. The van der Waals surface area contributed by atoms with Crippen LogP contribution in [0.4, 0.5) is 0 Å². The minimum atomic E-state index is -1.04. The van der Waals surface area contributed by atoms with Gasteiger partial charge in [0, 0.05) is 11.8 Å². The molecule has 0 heterocycles. The summed E-state index contributed by atoms with van der Waals surface area (Å²) in [4.78, 5) is 0. The van der Waals surface area contributed by atoms with Gasteiger partial charge in [-0.2, -0.15) is 0 Å². The van der Waals surface area contributed by atoms with Crippen molar-refractivity contribution in [2.45, 2.75) is 19.4 Å². The van der Waals surface area contributed by atoms with Crippen molar-refractivity contribution >= 4 is 11.0 Å². The summed E-state index contributed by atoms with van der Waals surface area (Å²) in [6.07, 6.45) is 1.54. The van der Waals surface area contributed by atoms with Gasteiger partial charge in [-0.15, -0.1) is 0 Å². The summed E-state index contributed by atoms with van der Waals surface area (Å²) >= 11 is 0. The summed E-state index contributed by atoms with van der Waals surface area (Å²) in [6.45, 7) is 3.56. The van der Waals surface area contributed by atoms with Crippen molar-refractivity contribution in [2.24, 2.45) is 0 Å². The molecule has 0 saturated carbocycles. The van der Waals surface area contributed by atoms with Crippen molar-refractivity contribution in [3.8, 4) is 0 Å². The molecule has 1 unspecified atom stereocenters. The Labute approximate surface area is 58.1 Å². The fourth-order valence-corrected chi connectivity index (χ4v) is 1.26. The highest BCUT2D eigenvalue weighted by Crippen LogP contribution is 1.98. The molecule has 4 heteroatoms. The van der Waals surface area contributed by atoms with E-state index < -0.39 is 16.5 Å². The fourth-order valence-electron chi connectivity index (χ4n) is 0.421. The SMILES string of the molecule is CS(=O)NC(C)(C)CO. The highest BCUT2D eigenvalue weighted by Gasteiger charge is 2.16. The van der Waals surface area contributed by atoms with Crippen LogP contribution in [0.15, 0.2) is 0 Å². The zero-order valence-electron chi connectivity index (χ0n) is 5.97. The lowest BCUT2D eigenvalue weighted by Crippen LogP contribution is -2.43. The minimum Gasteiger partial charge on any atom is -0.394 e. The molecule has 0 aliphatic carbocycles. The summed E-state index contributed by atoms with van der Waals surface area (Å²) < 4.78 is 13.2. The first-order valence-electron chi connectivity index (χ1n) is 2.70. The van der Waals surface area contributed by atoms with Gasteiger partial charge < -0.3 is 5.11 Å². The van der Waals surface area contributed by atoms with Gasteiger partial charge in [0.25, 0.3) is 0 Å². The molecule has 1 atom stereocenters. The molecule has 0 rings (SSSR count). The third-order valence-electron chi connectivity index (χ3n) is 0.815. The van der Waals surface area contributed by atoms with E-state index in [1.807, 2.05) is 0 Å². The molecular formula is C5H13NO2S. The van der Waals surface area contributed by atoms with E-state index in [1.165, 1.54) is 6.26 Å². The van der Waals surface area contributed by atoms with Gasteiger partial charge >= 0.3 is 0 Å². The van der Waals surface area contributed by atoms with E-state index in [0.29, 0.717) is 0 Å². The maximum atomic E-state index is 10.5. The van der Waals surface area contributed by atoms with Crippen LogP contribution in [0.25, 0.3) is 0 Å². The molecule has 0 aromatic heterocycles. The zero-order chi connectivity index (χ0) is 7.49. The fraction of sp³-hybridized carbons (Fsp3) is 1.00. The standard InChI is InChI=1S/C5H13NO2S/c1-5(2,4-7)6-9(3)8/h6-7H,4H2,1-3H3. The van der Waals surface area contributed by atoms with Crippen LogP contribution in [0.3, 0.4) is 0 Å². The lowest BCUT2D eigenvalue weighted by atomic mass is 10.1. The average molecular weight is 151 g/mol. The second kappa shape index (κ2) is 3.29. The maximum Gasteiger partial charge on any atom is 0.0889 e. The molecule has 0 saturated heterocycles. The van der Waals surface area contributed by atoms with Crippen LogP contribution < -0.4 is 4.72 Å². The lowest BCUT2D eigenvalue weighted by molar-refractivity contribution is 0.210. The van der Waals surface area contributed by atoms with Gasteiger partial charge in [0.05, 0.1) is 17.6 Å². The van der Waals surface area contributed by atoms with Gasteiger partial charge in [-0.1, -0.05) is 0 Å². The predicted octanol–water partition coefficient (Wildman–Crippen LogP) is -0.360. The first kappa shape index (κ1) is 9.07. The van der Waals surface area contributed by atoms with E-state index in [1.54, 1.807) is 13.8 Å². The third-order valence-corrected chi connectivity index (χ3v) is 1.66. The molecule has 0 amide bonds. The van der Waals surface area contributed by atoms with Crippen molar-refractivity contribution in [1.82, 2.24) is 4.72 Å². The molecule has 0 fully saturated rings. The van der Waals surface area contributed by atoms with Crippen LogP contribution in [-0.2, 0) is 11.0 Å². The summed E-state index contributed by atoms with van der Waals surface area (Å²) in [5.74, 6) is 0. The van der Waals surface area contributed by atoms with Gasteiger partial charge in [-0.25, -0.2) is 8.93 Å². The van der Waals surface area contributed by atoms with Crippen molar-refractivity contribution in [1.29, 1.82) is 0 Å². The summed E-state index contributed by atoms with van der Waals surface area (Å²) in [6, 6.07) is 0. The maximum absolute atomic E-state index is 10.5. The van der Waals surface area contributed by atoms with E-state index >= 15 is 0 Å². The van der Waals surface area contributed by atoms with Crippen LogP contribution in [0.2, 0.25) is 0 Å². The molecule has 3 nitrogen and oxygen atoms in total. The molecule has 0 bridgehead atoms. The van der Waals surface area contributed by atoms with E-state index in [2.05, 4.69) is 4.72 Å². The normalized spacial score (nSPS) is 15.6. The number of aliphatic hydroxyl groups excluding tert-OH is 1. The Morgan fingerprint density at radius 2 is 2.11 bits per heavy atom. The topological polar surface area (TPSA) is 49.3 Å². The smallest absolute Gasteiger partial charge is 0.0889 e. The van der Waals surface area contributed by atoms with Gasteiger partial charge in [-0.05, 0) is 13.8 Å². The summed E-state index contributed by atoms with van der Waals surface area (Å²) in [5.41, 5.74) is -0.431. The lowest BCUT2D eigenvalue weighted by Gasteiger charge is -2.20. The molecule has 0 aromatic carbocycles. The Kier molecular flexibility index (Phi) is 3.32. The first-order chi connectivity index (χ1) is 3.98. The molecule has 0 aromatic rings. The van der Waals surface area contributed by atoms with E-state index in [9.17, 15) is 4.21 Å². The molecule has 0 aliphatic rings. The monoisotopic (exact) mass is 151 g/mol. The number of aliphatic hydroxyl groups is 1. The second-order valence-electron chi connectivity index (χ2n) is 2.60. The van der Waals surface area contributed by atoms with Crippen LogP contribution in [0, 0.1) is 0 Å². The van der Waals surface area contributed by atoms with Crippen molar-refractivity contribution in [2.75, 3.05) is 12.9 Å². The average Bonchev–Trinajstić information content (AvgIpc) is 1.63. The van der Waals surface area contributed by atoms with Crippen molar-refractivity contribution < 1.29 is 9.32 Å². The number of hydrogen-bond acceptors (Lipinski definition) is 2. The Hall–Kier alpha value is 0.0700. The number of nitrogens with one attached hydrogen (secondary N) is 1. The zero-order valence-corrected chi connectivity index (χ0v) is 6.79. The van der Waals surface area contributed by atoms with Gasteiger partial charge in [-0.3, -0.25) is 0 Å². The molecule has 0 radical (unpaired) electrons. The Balaban J connectivity index is 3.71. The quantitative estimate of drug-likeness (QED) is 0.578. The van der Waals surface area contributed by atoms with Crippen LogP contribution in [0.1, 0.15) is 13.8 Å². The number of rotatable bonds is 3. The van der Waals surface area contributed by atoms with Gasteiger partial charge in [0.15, 0.2) is 0 Å². The first-order valence-corrected chi connectivity index (χ1v) is 4.26. The van der Waals surface area contributed by atoms with E-state index in [-0.39, 0.29) is 6.61 Å². The van der Waals surface area contributed by atoms with Crippen molar-refractivity contribution in [3.05, 3.63) is 0 Å². The van der Waals surface area contributed by atoms with Crippen LogP contribution in [0.5, 0.6) is 0 Å². The minimum absolute atomic E-state index is 0.00736. The Bertz CT molecular complexity index is 114.